The summed E-state index contributed by atoms with van der Waals surface area (Å²) in [6.07, 6.45) is -2.75. The molecule has 0 bridgehead atoms. The average molecular weight is 236 g/mol. The Bertz CT molecular complexity index is 269. The van der Waals surface area contributed by atoms with Gasteiger partial charge in [-0.05, 0) is 27.3 Å². The fourth-order valence-electron chi connectivity index (χ4n) is 1.75. The molecule has 0 unspecified atom stereocenters. The highest BCUT2D eigenvalue weighted by Gasteiger charge is 2.35. The van der Waals surface area contributed by atoms with Gasteiger partial charge in [0, 0.05) is 30.7 Å². The fraction of sp³-hybridized carbons (Fsp3) is 0.818. The van der Waals surface area contributed by atoms with Gasteiger partial charge in [0.05, 0.1) is 0 Å². The standard InChI is InChI=1S/C11H19F3N2/c1-10(2,15-3)8-16-6-4-9(5-7-16)11(12,13)14/h4,15H,5-8H2,1-3H3. The van der Waals surface area contributed by atoms with Crippen molar-refractivity contribution in [1.82, 2.24) is 10.2 Å². The summed E-state index contributed by atoms with van der Waals surface area (Å²) < 4.78 is 37.1. The predicted molar refractivity (Wildman–Crippen MR) is 58.3 cm³/mol. The minimum atomic E-state index is -4.15. The quantitative estimate of drug-likeness (QED) is 0.756. The molecule has 0 aromatic heterocycles. The molecular weight excluding hydrogens is 217 g/mol. The van der Waals surface area contributed by atoms with Gasteiger partial charge in [-0.1, -0.05) is 6.08 Å². The van der Waals surface area contributed by atoms with E-state index in [0.717, 1.165) is 6.54 Å². The van der Waals surface area contributed by atoms with E-state index in [1.165, 1.54) is 6.08 Å². The van der Waals surface area contributed by atoms with Crippen LogP contribution in [0.25, 0.3) is 0 Å². The normalized spacial score (nSPS) is 19.8. The first-order chi connectivity index (χ1) is 7.24. The molecule has 1 rings (SSSR count). The van der Waals surface area contributed by atoms with Gasteiger partial charge in [0.1, 0.15) is 0 Å². The zero-order chi connectivity index (χ0) is 12.4. The molecule has 0 saturated carbocycles. The van der Waals surface area contributed by atoms with Crippen molar-refractivity contribution in [3.8, 4) is 0 Å². The number of nitrogens with zero attached hydrogens (tertiary/aromatic N) is 1. The molecule has 0 aromatic rings. The van der Waals surface area contributed by atoms with E-state index in [1.807, 2.05) is 25.8 Å². The monoisotopic (exact) mass is 236 g/mol. The molecule has 1 aliphatic rings. The largest absolute Gasteiger partial charge is 0.412 e. The molecule has 5 heteroatoms. The summed E-state index contributed by atoms with van der Waals surface area (Å²) in [4.78, 5) is 2.03. The summed E-state index contributed by atoms with van der Waals surface area (Å²) in [5.41, 5.74) is -0.449. The van der Waals surface area contributed by atoms with Gasteiger partial charge < -0.3 is 5.32 Å². The molecule has 0 fully saturated rings. The van der Waals surface area contributed by atoms with Crippen LogP contribution in [0.1, 0.15) is 20.3 Å². The van der Waals surface area contributed by atoms with Gasteiger partial charge in [-0.2, -0.15) is 13.2 Å². The molecule has 0 atom stereocenters. The van der Waals surface area contributed by atoms with E-state index < -0.39 is 6.18 Å². The van der Waals surface area contributed by atoms with Crippen molar-refractivity contribution in [3.63, 3.8) is 0 Å². The smallest absolute Gasteiger partial charge is 0.314 e. The molecule has 94 valence electrons. The van der Waals surface area contributed by atoms with E-state index in [2.05, 4.69) is 5.32 Å². The van der Waals surface area contributed by atoms with Gasteiger partial charge in [-0.3, -0.25) is 4.90 Å². The number of rotatable bonds is 3. The summed E-state index contributed by atoms with van der Waals surface area (Å²) in [7, 11) is 1.86. The summed E-state index contributed by atoms with van der Waals surface area (Å²) >= 11 is 0. The Morgan fingerprint density at radius 1 is 1.38 bits per heavy atom. The number of hydrogen-bond acceptors (Lipinski definition) is 2. The zero-order valence-electron chi connectivity index (χ0n) is 9.99. The molecule has 0 spiro atoms. The average Bonchev–Trinajstić information content (AvgIpc) is 2.16. The van der Waals surface area contributed by atoms with Crippen LogP contribution in [-0.4, -0.2) is 43.3 Å². The molecule has 1 heterocycles. The Balaban J connectivity index is 2.52. The molecule has 2 nitrogen and oxygen atoms in total. The second-order valence-corrected chi connectivity index (χ2v) is 4.85. The van der Waals surface area contributed by atoms with Gasteiger partial charge in [0.2, 0.25) is 0 Å². The molecule has 0 aromatic carbocycles. The number of alkyl halides is 3. The Kier molecular flexibility index (Phi) is 4.02. The molecule has 0 radical (unpaired) electrons. The van der Waals surface area contributed by atoms with Gasteiger partial charge in [-0.25, -0.2) is 0 Å². The van der Waals surface area contributed by atoms with Crippen LogP contribution in [0.3, 0.4) is 0 Å². The SMILES string of the molecule is CNC(C)(C)CN1CC=C(C(F)(F)F)CC1. The number of nitrogens with one attached hydrogen (secondary N) is 1. The topological polar surface area (TPSA) is 15.3 Å². The minimum Gasteiger partial charge on any atom is -0.314 e. The maximum atomic E-state index is 12.4. The molecule has 0 aliphatic carbocycles. The van der Waals surface area contributed by atoms with Crippen LogP contribution in [0, 0.1) is 0 Å². The van der Waals surface area contributed by atoms with Crippen LogP contribution >= 0.6 is 0 Å². The highest BCUT2D eigenvalue weighted by atomic mass is 19.4. The van der Waals surface area contributed by atoms with Crippen molar-refractivity contribution in [2.45, 2.75) is 32.0 Å². The summed E-state index contributed by atoms with van der Waals surface area (Å²) in [5, 5.41) is 3.15. The van der Waals surface area contributed by atoms with Crippen molar-refractivity contribution >= 4 is 0 Å². The van der Waals surface area contributed by atoms with Crippen LogP contribution < -0.4 is 5.32 Å². The number of halogens is 3. The molecular formula is C11H19F3N2. The Labute approximate surface area is 94.5 Å². The highest BCUT2D eigenvalue weighted by molar-refractivity contribution is 5.13. The predicted octanol–water partition coefficient (Wildman–Crippen LogP) is 2.18. The Morgan fingerprint density at radius 2 is 2.00 bits per heavy atom. The Morgan fingerprint density at radius 3 is 2.38 bits per heavy atom. The number of hydrogen-bond donors (Lipinski definition) is 1. The lowest BCUT2D eigenvalue weighted by molar-refractivity contribution is -0.0961. The van der Waals surface area contributed by atoms with Gasteiger partial charge >= 0.3 is 6.18 Å². The van der Waals surface area contributed by atoms with Crippen molar-refractivity contribution in [2.75, 3.05) is 26.7 Å². The summed E-state index contributed by atoms with van der Waals surface area (Å²) in [5.74, 6) is 0. The second kappa shape index (κ2) is 4.75. The Hall–Kier alpha value is -0.550. The first-order valence-electron chi connectivity index (χ1n) is 5.42. The van der Waals surface area contributed by atoms with E-state index in [1.54, 1.807) is 0 Å². The van der Waals surface area contributed by atoms with E-state index in [-0.39, 0.29) is 17.5 Å². The summed E-state index contributed by atoms with van der Waals surface area (Å²) in [6.45, 7) is 5.70. The van der Waals surface area contributed by atoms with Crippen molar-refractivity contribution in [3.05, 3.63) is 11.6 Å². The van der Waals surface area contributed by atoms with Gasteiger partial charge in [-0.15, -0.1) is 0 Å². The third-order valence-electron chi connectivity index (χ3n) is 2.95. The van der Waals surface area contributed by atoms with Crippen LogP contribution in [-0.2, 0) is 0 Å². The lowest BCUT2D eigenvalue weighted by Gasteiger charge is -2.34. The van der Waals surface area contributed by atoms with Gasteiger partial charge in [0.25, 0.3) is 0 Å². The maximum Gasteiger partial charge on any atom is 0.412 e. The lowest BCUT2D eigenvalue weighted by atomic mass is 10.0. The van der Waals surface area contributed by atoms with Crippen molar-refractivity contribution < 1.29 is 13.2 Å². The third-order valence-corrected chi connectivity index (χ3v) is 2.95. The van der Waals surface area contributed by atoms with E-state index in [4.69, 9.17) is 0 Å². The number of likely N-dealkylation sites (N-methyl/N-ethyl adjacent to an activating group) is 1. The van der Waals surface area contributed by atoms with Crippen LogP contribution in [0.2, 0.25) is 0 Å². The molecule has 0 amide bonds. The van der Waals surface area contributed by atoms with E-state index in [9.17, 15) is 13.2 Å². The van der Waals surface area contributed by atoms with Crippen LogP contribution in [0.15, 0.2) is 11.6 Å². The first kappa shape index (κ1) is 13.5. The first-order valence-corrected chi connectivity index (χ1v) is 5.42. The van der Waals surface area contributed by atoms with Crippen molar-refractivity contribution in [2.24, 2.45) is 0 Å². The van der Waals surface area contributed by atoms with Crippen LogP contribution in [0.5, 0.6) is 0 Å². The van der Waals surface area contributed by atoms with Crippen molar-refractivity contribution in [1.29, 1.82) is 0 Å². The minimum absolute atomic E-state index is 0.0659. The zero-order valence-corrected chi connectivity index (χ0v) is 9.99. The van der Waals surface area contributed by atoms with E-state index >= 15 is 0 Å². The summed E-state index contributed by atoms with van der Waals surface area (Å²) in [6, 6.07) is 0. The molecule has 16 heavy (non-hydrogen) atoms. The lowest BCUT2D eigenvalue weighted by Crippen LogP contribution is -2.48. The third kappa shape index (κ3) is 3.79. The molecule has 0 saturated heterocycles. The molecule has 1 N–H and O–H groups in total. The van der Waals surface area contributed by atoms with Crippen LogP contribution in [0.4, 0.5) is 13.2 Å². The second-order valence-electron chi connectivity index (χ2n) is 4.85. The molecule has 1 aliphatic heterocycles. The fourth-order valence-corrected chi connectivity index (χ4v) is 1.75. The highest BCUT2D eigenvalue weighted by Crippen LogP contribution is 2.30. The van der Waals surface area contributed by atoms with E-state index in [0.29, 0.717) is 13.1 Å². The maximum absolute atomic E-state index is 12.4. The van der Waals surface area contributed by atoms with Gasteiger partial charge in [0.15, 0.2) is 0 Å².